The second kappa shape index (κ2) is 41.0. The largest absolute Gasteiger partial charge is 0.380 e. The van der Waals surface area contributed by atoms with Gasteiger partial charge in [-0.3, -0.25) is 4.79 Å². The van der Waals surface area contributed by atoms with Crippen molar-refractivity contribution in [3.63, 3.8) is 0 Å². The van der Waals surface area contributed by atoms with Crippen molar-refractivity contribution in [3.8, 4) is 0 Å². The molecule has 0 aliphatic heterocycles. The topological polar surface area (TPSA) is 58.2 Å². The van der Waals surface area contributed by atoms with Crippen LogP contribution in [0.15, 0.2) is 12.5 Å². The van der Waals surface area contributed by atoms with Gasteiger partial charge in [0, 0.05) is 37.9 Å². The van der Waals surface area contributed by atoms with Crippen LogP contribution in [0.2, 0.25) is 0 Å². The number of unbranched alkanes of at least 4 members (excludes halogenated alkanes) is 30. The van der Waals surface area contributed by atoms with E-state index in [0.717, 1.165) is 31.7 Å². The highest BCUT2D eigenvalue weighted by atomic mass is 16.5. The molecule has 0 saturated carbocycles. The monoisotopic (exact) mass is 730 g/mol. The molecule has 0 unspecified atom stereocenters. The molecule has 0 aromatic carbocycles. The van der Waals surface area contributed by atoms with Crippen molar-refractivity contribution in [2.75, 3.05) is 32.8 Å². The van der Waals surface area contributed by atoms with Crippen molar-refractivity contribution in [3.05, 3.63) is 18.2 Å². The molecular weight excluding hydrogens is 639 g/mol. The van der Waals surface area contributed by atoms with Gasteiger partial charge in [0.25, 0.3) is 0 Å². The highest BCUT2D eigenvalue weighted by Crippen LogP contribution is 2.16. The van der Waals surface area contributed by atoms with Crippen molar-refractivity contribution in [2.24, 2.45) is 0 Å². The summed E-state index contributed by atoms with van der Waals surface area (Å²) < 4.78 is 6.02. The SMILES string of the molecule is CCCCCCCCCCCCCCCCCCN(CCCCCCCCCCCCCCCCCC)CCOCCCC(=O)CCc1cnc[nH]1. The summed E-state index contributed by atoms with van der Waals surface area (Å²) in [6.45, 7) is 9.56. The van der Waals surface area contributed by atoms with Gasteiger partial charge in [0.05, 0.1) is 12.9 Å². The minimum Gasteiger partial charge on any atom is -0.380 e. The molecule has 5 heteroatoms. The number of ketones is 1. The quantitative estimate of drug-likeness (QED) is 0.0679. The van der Waals surface area contributed by atoms with Gasteiger partial charge in [0.1, 0.15) is 5.78 Å². The molecule has 0 spiro atoms. The van der Waals surface area contributed by atoms with Crippen molar-refractivity contribution in [2.45, 2.75) is 245 Å². The molecule has 0 aliphatic carbocycles. The molecule has 0 radical (unpaired) electrons. The fourth-order valence-corrected chi connectivity index (χ4v) is 7.59. The molecule has 0 aliphatic rings. The van der Waals surface area contributed by atoms with Gasteiger partial charge < -0.3 is 14.6 Å². The maximum Gasteiger partial charge on any atom is 0.133 e. The number of hydrogen-bond donors (Lipinski definition) is 1. The van der Waals surface area contributed by atoms with Gasteiger partial charge in [-0.2, -0.15) is 0 Å². The number of nitrogens with zero attached hydrogens (tertiary/aromatic N) is 2. The van der Waals surface area contributed by atoms with Crippen LogP contribution in [0, 0.1) is 0 Å². The lowest BCUT2D eigenvalue weighted by atomic mass is 10.0. The molecule has 0 bridgehead atoms. The Kier molecular flexibility index (Phi) is 38.5. The fourth-order valence-electron chi connectivity index (χ4n) is 7.59. The highest BCUT2D eigenvalue weighted by Gasteiger charge is 2.07. The second-order valence-electron chi connectivity index (χ2n) is 16.3. The van der Waals surface area contributed by atoms with Gasteiger partial charge in [-0.1, -0.05) is 206 Å². The van der Waals surface area contributed by atoms with E-state index in [2.05, 4.69) is 28.7 Å². The van der Waals surface area contributed by atoms with E-state index in [1.54, 1.807) is 6.33 Å². The zero-order valence-electron chi connectivity index (χ0n) is 35.4. The standard InChI is InChI=1S/C47H91N3O2/c1-3-5-7-9-11-13-15-17-19-21-23-25-27-29-31-33-39-50(41-43-52-42-35-36-47(51)38-37-46-44-48-45-49-46)40-34-32-30-28-26-24-22-20-18-16-14-12-10-8-6-4-2/h44-45H,3-43H2,1-2H3,(H,48,49). The van der Waals surface area contributed by atoms with Crippen LogP contribution in [0.4, 0.5) is 0 Å². The van der Waals surface area contributed by atoms with E-state index in [1.807, 2.05) is 6.20 Å². The van der Waals surface area contributed by atoms with Crippen LogP contribution in [0.5, 0.6) is 0 Å². The molecule has 1 rings (SSSR count). The van der Waals surface area contributed by atoms with E-state index in [0.29, 0.717) is 25.2 Å². The summed E-state index contributed by atoms with van der Waals surface area (Å²) in [5.41, 5.74) is 1.04. The lowest BCUT2D eigenvalue weighted by Crippen LogP contribution is -2.30. The number of carbonyl (C=O) groups excluding carboxylic acids is 1. The number of nitrogens with one attached hydrogen (secondary N) is 1. The molecule has 52 heavy (non-hydrogen) atoms. The summed E-state index contributed by atoms with van der Waals surface area (Å²) in [5, 5.41) is 0. The van der Waals surface area contributed by atoms with Crippen LogP contribution in [0.3, 0.4) is 0 Å². The van der Waals surface area contributed by atoms with Crippen LogP contribution in [-0.2, 0) is 16.0 Å². The van der Waals surface area contributed by atoms with E-state index >= 15 is 0 Å². The fraction of sp³-hybridized carbons (Fsp3) is 0.915. The van der Waals surface area contributed by atoms with Crippen molar-refractivity contribution in [1.82, 2.24) is 14.9 Å². The molecule has 1 N–H and O–H groups in total. The van der Waals surface area contributed by atoms with Gasteiger partial charge in [0.15, 0.2) is 0 Å². The molecule has 5 nitrogen and oxygen atoms in total. The minimum atomic E-state index is 0.326. The number of aromatic amines is 1. The Labute approximate surface area is 325 Å². The normalized spacial score (nSPS) is 11.7. The summed E-state index contributed by atoms with van der Waals surface area (Å²) >= 11 is 0. The summed E-state index contributed by atoms with van der Waals surface area (Å²) in [6, 6.07) is 0. The Morgan fingerprint density at radius 1 is 0.500 bits per heavy atom. The molecule has 1 aromatic rings. The third-order valence-corrected chi connectivity index (χ3v) is 11.2. The average molecular weight is 730 g/mol. The van der Waals surface area contributed by atoms with E-state index in [1.165, 1.54) is 219 Å². The number of Topliss-reactive ketones (excluding diaryl/α,β-unsaturated/α-hetero) is 1. The van der Waals surface area contributed by atoms with Crippen molar-refractivity contribution < 1.29 is 9.53 Å². The van der Waals surface area contributed by atoms with Gasteiger partial charge in [0.2, 0.25) is 0 Å². The summed E-state index contributed by atoms with van der Waals surface area (Å²) in [5.74, 6) is 0.326. The van der Waals surface area contributed by atoms with Gasteiger partial charge in [-0.25, -0.2) is 4.98 Å². The number of H-pyrrole nitrogens is 1. The van der Waals surface area contributed by atoms with Crippen LogP contribution >= 0.6 is 0 Å². The Morgan fingerprint density at radius 3 is 1.25 bits per heavy atom. The molecular formula is C47H91N3O2. The number of imidazole rings is 1. The van der Waals surface area contributed by atoms with Crippen LogP contribution in [-0.4, -0.2) is 53.5 Å². The predicted molar refractivity (Wildman–Crippen MR) is 228 cm³/mol. The van der Waals surface area contributed by atoms with Gasteiger partial charge >= 0.3 is 0 Å². The van der Waals surface area contributed by atoms with Crippen LogP contribution in [0.25, 0.3) is 0 Å². The highest BCUT2D eigenvalue weighted by molar-refractivity contribution is 5.78. The third-order valence-electron chi connectivity index (χ3n) is 11.2. The lowest BCUT2D eigenvalue weighted by Gasteiger charge is -2.22. The zero-order valence-corrected chi connectivity index (χ0v) is 35.4. The Hall–Kier alpha value is -1.20. The van der Waals surface area contributed by atoms with E-state index < -0.39 is 0 Å². The third kappa shape index (κ3) is 35.8. The number of rotatable bonds is 44. The predicted octanol–water partition coefficient (Wildman–Crippen LogP) is 14.5. The van der Waals surface area contributed by atoms with E-state index in [-0.39, 0.29) is 0 Å². The molecule has 0 fully saturated rings. The first-order valence-corrected chi connectivity index (χ1v) is 23.5. The number of carbonyl (C=O) groups is 1. The first kappa shape index (κ1) is 48.8. The molecule has 1 aromatic heterocycles. The van der Waals surface area contributed by atoms with Crippen LogP contribution in [0.1, 0.15) is 244 Å². The van der Waals surface area contributed by atoms with E-state index in [9.17, 15) is 4.79 Å². The molecule has 306 valence electrons. The smallest absolute Gasteiger partial charge is 0.133 e. The summed E-state index contributed by atoms with van der Waals surface area (Å²) in [7, 11) is 0. The zero-order chi connectivity index (χ0) is 37.3. The maximum atomic E-state index is 12.2. The van der Waals surface area contributed by atoms with E-state index in [4.69, 9.17) is 4.74 Å². The molecule has 0 amide bonds. The number of hydrogen-bond acceptors (Lipinski definition) is 4. The Morgan fingerprint density at radius 2 is 0.885 bits per heavy atom. The number of aryl methyl sites for hydroxylation is 1. The van der Waals surface area contributed by atoms with Gasteiger partial charge in [-0.05, 0) is 38.8 Å². The average Bonchev–Trinajstić information content (AvgIpc) is 3.68. The number of ether oxygens (including phenoxy) is 1. The lowest BCUT2D eigenvalue weighted by molar-refractivity contribution is -0.119. The first-order chi connectivity index (χ1) is 25.8. The minimum absolute atomic E-state index is 0.326. The Bertz CT molecular complexity index is 778. The van der Waals surface area contributed by atoms with Crippen molar-refractivity contribution in [1.29, 1.82) is 0 Å². The maximum absolute atomic E-state index is 12.2. The van der Waals surface area contributed by atoms with Gasteiger partial charge in [-0.15, -0.1) is 0 Å². The molecule has 1 heterocycles. The second-order valence-corrected chi connectivity index (χ2v) is 16.3. The van der Waals surface area contributed by atoms with Crippen LogP contribution < -0.4 is 0 Å². The molecule has 0 saturated heterocycles. The van der Waals surface area contributed by atoms with Crippen molar-refractivity contribution >= 4 is 5.78 Å². The first-order valence-electron chi connectivity index (χ1n) is 23.5. The molecule has 0 atom stereocenters. The number of aromatic nitrogens is 2. The summed E-state index contributed by atoms with van der Waals surface area (Å²) in [4.78, 5) is 22.0. The Balaban J connectivity index is 2.09. The summed E-state index contributed by atoms with van der Waals surface area (Å²) in [6.07, 6.45) is 51.9.